The Labute approximate surface area is 170 Å². The van der Waals surface area contributed by atoms with Gasteiger partial charge < -0.3 is 9.84 Å². The van der Waals surface area contributed by atoms with Gasteiger partial charge in [0.25, 0.3) is 0 Å². The van der Waals surface area contributed by atoms with Gasteiger partial charge in [0.1, 0.15) is 6.61 Å². The van der Waals surface area contributed by atoms with E-state index in [-0.39, 0.29) is 24.7 Å². The van der Waals surface area contributed by atoms with Crippen molar-refractivity contribution in [2.45, 2.75) is 24.9 Å². The van der Waals surface area contributed by atoms with Gasteiger partial charge in [-0.1, -0.05) is 72.8 Å². The fraction of sp³-hybridized carbons (Fsp3) is 0.240. The van der Waals surface area contributed by atoms with Gasteiger partial charge in [-0.25, -0.2) is 4.79 Å². The van der Waals surface area contributed by atoms with Gasteiger partial charge in [0.05, 0.1) is 12.6 Å². The number of fused-ring (bicyclic) bond motifs is 4. The molecular formula is C25H23NO3. The summed E-state index contributed by atoms with van der Waals surface area (Å²) in [5.74, 6) is 0.0380. The fourth-order valence-electron chi connectivity index (χ4n) is 4.64. The number of ether oxygens (including phenoxy) is 1. The molecule has 0 unspecified atom stereocenters. The number of aliphatic hydroxyl groups excluding tert-OH is 1. The summed E-state index contributed by atoms with van der Waals surface area (Å²) in [6, 6.07) is 24.4. The number of nitrogens with zero attached hydrogens (tertiary/aromatic N) is 1. The van der Waals surface area contributed by atoms with Crippen molar-refractivity contribution in [1.29, 1.82) is 0 Å². The van der Waals surface area contributed by atoms with Crippen LogP contribution >= 0.6 is 0 Å². The normalized spacial score (nSPS) is 17.4. The van der Waals surface area contributed by atoms with Gasteiger partial charge in [0, 0.05) is 12.5 Å². The Morgan fingerprint density at radius 1 is 0.897 bits per heavy atom. The molecule has 1 aliphatic heterocycles. The molecule has 0 saturated carbocycles. The SMILES string of the molecule is O=C(OCC1c2ccccc2-c2ccccc21)N1Cc2ccccc2C[C@H]1CO. The highest BCUT2D eigenvalue weighted by atomic mass is 16.6. The minimum atomic E-state index is -0.361. The summed E-state index contributed by atoms with van der Waals surface area (Å²) in [5, 5.41) is 9.83. The summed E-state index contributed by atoms with van der Waals surface area (Å²) in [7, 11) is 0. The van der Waals surface area contributed by atoms with E-state index in [2.05, 4.69) is 30.3 Å². The van der Waals surface area contributed by atoms with E-state index in [9.17, 15) is 9.90 Å². The minimum absolute atomic E-state index is 0.0380. The van der Waals surface area contributed by atoms with Crippen molar-refractivity contribution in [3.8, 4) is 11.1 Å². The van der Waals surface area contributed by atoms with Crippen LogP contribution in [-0.4, -0.2) is 35.4 Å². The fourth-order valence-corrected chi connectivity index (χ4v) is 4.64. The summed E-state index contributed by atoms with van der Waals surface area (Å²) in [5.41, 5.74) is 7.13. The first-order valence-corrected chi connectivity index (χ1v) is 10.1. The lowest BCUT2D eigenvalue weighted by atomic mass is 9.95. The van der Waals surface area contributed by atoms with Crippen molar-refractivity contribution in [3.05, 3.63) is 95.1 Å². The van der Waals surface area contributed by atoms with Gasteiger partial charge >= 0.3 is 6.09 Å². The second-order valence-electron chi connectivity index (χ2n) is 7.74. The number of benzene rings is 3. The molecule has 0 aromatic heterocycles. The summed E-state index contributed by atoms with van der Waals surface area (Å²) in [4.78, 5) is 14.6. The highest BCUT2D eigenvalue weighted by molar-refractivity contribution is 5.79. The molecule has 0 spiro atoms. The summed E-state index contributed by atoms with van der Waals surface area (Å²) in [6.07, 6.45) is 0.289. The van der Waals surface area contributed by atoms with Gasteiger partial charge in [-0.3, -0.25) is 4.90 Å². The van der Waals surface area contributed by atoms with E-state index in [4.69, 9.17) is 4.74 Å². The molecule has 29 heavy (non-hydrogen) atoms. The number of hydrogen-bond donors (Lipinski definition) is 1. The van der Waals surface area contributed by atoms with Crippen molar-refractivity contribution in [2.24, 2.45) is 0 Å². The Kier molecular flexibility index (Phi) is 4.57. The Hall–Kier alpha value is -3.11. The first-order valence-electron chi connectivity index (χ1n) is 10.1. The molecule has 0 bridgehead atoms. The number of carbonyl (C=O) groups excluding carboxylic acids is 1. The zero-order valence-electron chi connectivity index (χ0n) is 16.1. The predicted octanol–water partition coefficient (Wildman–Crippen LogP) is 4.35. The second kappa shape index (κ2) is 7.37. The van der Waals surface area contributed by atoms with Crippen LogP contribution in [0.1, 0.15) is 28.2 Å². The number of hydrogen-bond acceptors (Lipinski definition) is 3. The van der Waals surface area contributed by atoms with Crippen LogP contribution < -0.4 is 0 Å². The van der Waals surface area contributed by atoms with Crippen LogP contribution in [-0.2, 0) is 17.7 Å². The third-order valence-electron chi connectivity index (χ3n) is 6.14. The first-order chi connectivity index (χ1) is 14.3. The molecule has 1 heterocycles. The largest absolute Gasteiger partial charge is 0.448 e. The van der Waals surface area contributed by atoms with Gasteiger partial charge in [0.15, 0.2) is 0 Å². The molecule has 1 aliphatic carbocycles. The van der Waals surface area contributed by atoms with Crippen LogP contribution in [0.4, 0.5) is 4.79 Å². The minimum Gasteiger partial charge on any atom is -0.448 e. The van der Waals surface area contributed by atoms with E-state index in [1.54, 1.807) is 4.90 Å². The molecule has 1 N–H and O–H groups in total. The van der Waals surface area contributed by atoms with Crippen molar-refractivity contribution < 1.29 is 14.6 Å². The molecule has 0 fully saturated rings. The van der Waals surface area contributed by atoms with Gasteiger partial charge in [-0.2, -0.15) is 0 Å². The lowest BCUT2D eigenvalue weighted by Gasteiger charge is -2.35. The molecule has 0 radical (unpaired) electrons. The average molecular weight is 385 g/mol. The van der Waals surface area contributed by atoms with E-state index in [1.165, 1.54) is 27.8 Å². The highest BCUT2D eigenvalue weighted by Crippen LogP contribution is 2.44. The molecule has 5 rings (SSSR count). The van der Waals surface area contributed by atoms with E-state index >= 15 is 0 Å². The van der Waals surface area contributed by atoms with E-state index in [0.717, 1.165) is 5.56 Å². The van der Waals surface area contributed by atoms with Gasteiger partial charge in [-0.15, -0.1) is 0 Å². The van der Waals surface area contributed by atoms with E-state index in [1.807, 2.05) is 42.5 Å². The van der Waals surface area contributed by atoms with Crippen LogP contribution in [0.2, 0.25) is 0 Å². The Morgan fingerprint density at radius 2 is 1.48 bits per heavy atom. The van der Waals surface area contributed by atoms with Crippen molar-refractivity contribution in [1.82, 2.24) is 4.90 Å². The molecule has 1 amide bonds. The lowest BCUT2D eigenvalue weighted by molar-refractivity contribution is 0.0591. The topological polar surface area (TPSA) is 49.8 Å². The molecule has 146 valence electrons. The van der Waals surface area contributed by atoms with Crippen LogP contribution in [0, 0.1) is 0 Å². The van der Waals surface area contributed by atoms with E-state index < -0.39 is 0 Å². The zero-order chi connectivity index (χ0) is 19.8. The summed E-state index contributed by atoms with van der Waals surface area (Å²) >= 11 is 0. The number of rotatable bonds is 3. The van der Waals surface area contributed by atoms with Crippen molar-refractivity contribution >= 4 is 6.09 Å². The number of aliphatic hydroxyl groups is 1. The zero-order valence-corrected chi connectivity index (χ0v) is 16.1. The lowest BCUT2D eigenvalue weighted by Crippen LogP contribution is -2.46. The Bertz CT molecular complexity index is 1020. The summed E-state index contributed by atoms with van der Waals surface area (Å²) < 4.78 is 5.80. The van der Waals surface area contributed by atoms with Gasteiger partial charge in [-0.05, 0) is 39.8 Å². The van der Waals surface area contributed by atoms with Crippen molar-refractivity contribution in [3.63, 3.8) is 0 Å². The average Bonchev–Trinajstić information content (AvgIpc) is 3.10. The number of carbonyl (C=O) groups is 1. The molecule has 0 saturated heterocycles. The maximum absolute atomic E-state index is 13.0. The molecule has 3 aromatic rings. The molecule has 1 atom stereocenters. The van der Waals surface area contributed by atoms with Crippen LogP contribution in [0.15, 0.2) is 72.8 Å². The Morgan fingerprint density at radius 3 is 2.14 bits per heavy atom. The maximum Gasteiger partial charge on any atom is 0.410 e. The highest BCUT2D eigenvalue weighted by Gasteiger charge is 2.33. The van der Waals surface area contributed by atoms with E-state index in [0.29, 0.717) is 19.6 Å². The van der Waals surface area contributed by atoms with Gasteiger partial charge in [0.2, 0.25) is 0 Å². The number of amides is 1. The smallest absolute Gasteiger partial charge is 0.410 e. The molecular weight excluding hydrogens is 362 g/mol. The summed E-state index contributed by atoms with van der Waals surface area (Å²) in [6.45, 7) is 0.694. The molecule has 4 nitrogen and oxygen atoms in total. The Balaban J connectivity index is 1.36. The second-order valence-corrected chi connectivity index (χ2v) is 7.74. The molecule has 2 aliphatic rings. The van der Waals surface area contributed by atoms with Crippen LogP contribution in [0.5, 0.6) is 0 Å². The molecule has 4 heteroatoms. The predicted molar refractivity (Wildman–Crippen MR) is 112 cm³/mol. The van der Waals surface area contributed by atoms with Crippen LogP contribution in [0.3, 0.4) is 0 Å². The van der Waals surface area contributed by atoms with Crippen LogP contribution in [0.25, 0.3) is 11.1 Å². The first kappa shape index (κ1) is 18.0. The third-order valence-corrected chi connectivity index (χ3v) is 6.14. The molecule has 3 aromatic carbocycles. The van der Waals surface area contributed by atoms with Crippen molar-refractivity contribution in [2.75, 3.05) is 13.2 Å². The quantitative estimate of drug-likeness (QED) is 0.729. The standard InChI is InChI=1S/C25H23NO3/c27-15-19-13-17-7-1-2-8-18(17)14-26(19)25(28)29-16-24-22-11-5-3-9-20(22)21-10-4-6-12-23(21)24/h1-12,19,24,27H,13-16H2/t19-/m0/s1. The monoisotopic (exact) mass is 385 g/mol. The third kappa shape index (κ3) is 3.10. The maximum atomic E-state index is 13.0.